The summed E-state index contributed by atoms with van der Waals surface area (Å²) in [7, 11) is -3.76. The van der Waals surface area contributed by atoms with Gasteiger partial charge < -0.3 is 19.9 Å². The van der Waals surface area contributed by atoms with Crippen molar-refractivity contribution in [2.45, 2.75) is 17.6 Å². The molecule has 2 aromatic carbocycles. The summed E-state index contributed by atoms with van der Waals surface area (Å²) >= 11 is 8.34. The maximum absolute atomic E-state index is 13.3. The predicted octanol–water partition coefficient (Wildman–Crippen LogP) is 4.52. The molecule has 1 saturated heterocycles. The molecule has 0 saturated carbocycles. The molecule has 2 aliphatic heterocycles. The van der Waals surface area contributed by atoms with Gasteiger partial charge in [0.1, 0.15) is 0 Å². The summed E-state index contributed by atoms with van der Waals surface area (Å²) in [6.45, 7) is 3.78. The van der Waals surface area contributed by atoms with Crippen molar-refractivity contribution in [3.8, 4) is 0 Å². The molecule has 0 radical (unpaired) electrons. The molecule has 2 amide bonds. The molecule has 1 aromatic heterocycles. The molecule has 1 fully saturated rings. The molecule has 192 valence electrons. The van der Waals surface area contributed by atoms with Gasteiger partial charge >= 0.3 is 0 Å². The molecule has 0 bridgehead atoms. The van der Waals surface area contributed by atoms with E-state index in [2.05, 4.69) is 32.9 Å². The summed E-state index contributed by atoms with van der Waals surface area (Å²) in [5.74, 6) is -0.788. The second-order valence-corrected chi connectivity index (χ2v) is 12.4. The van der Waals surface area contributed by atoms with Gasteiger partial charge in [-0.05, 0) is 77.6 Å². The molecule has 5 rings (SSSR count). The molecule has 0 spiro atoms. The fourth-order valence-electron chi connectivity index (χ4n) is 4.43. The number of aromatic nitrogens is 1. The minimum atomic E-state index is -3.76. The van der Waals surface area contributed by atoms with Crippen molar-refractivity contribution in [1.82, 2.24) is 9.88 Å². The van der Waals surface area contributed by atoms with Crippen LogP contribution in [0.2, 0.25) is 5.02 Å². The van der Waals surface area contributed by atoms with Crippen LogP contribution in [0.25, 0.3) is 11.6 Å². The molecule has 0 atom stereocenters. The number of sulfone groups is 1. The quantitative estimate of drug-likeness (QED) is 0.312. The van der Waals surface area contributed by atoms with Gasteiger partial charge in [0.25, 0.3) is 11.8 Å². The van der Waals surface area contributed by atoms with Crippen LogP contribution in [0.4, 0.5) is 5.69 Å². The standard InChI is InChI=1S/C26H23ClIN3O5S/c1-15-11-19(26(33)31-7-9-36-10-8-31)24(29-15)13-18-17-12-16(5-6-23(17)30-25(18)32)37(34,35)14-20-21(27)3-2-4-22(20)28/h2-6,11-13,29H,7-10,14H2,1H3,(H,30,32). The summed E-state index contributed by atoms with van der Waals surface area (Å²) in [5.41, 5.74) is 3.48. The molecule has 2 aliphatic rings. The highest BCUT2D eigenvalue weighted by Crippen LogP contribution is 2.36. The van der Waals surface area contributed by atoms with Crippen LogP contribution in [0.15, 0.2) is 47.4 Å². The Balaban J connectivity index is 1.51. The summed E-state index contributed by atoms with van der Waals surface area (Å²) in [6, 6.07) is 11.5. The number of aryl methyl sites for hydroxylation is 1. The molecule has 0 unspecified atom stereocenters. The first-order chi connectivity index (χ1) is 17.6. The van der Waals surface area contributed by atoms with E-state index in [1.807, 2.05) is 6.92 Å². The Labute approximate surface area is 233 Å². The lowest BCUT2D eigenvalue weighted by atomic mass is 10.0. The molecular formula is C26H23ClIN3O5S. The van der Waals surface area contributed by atoms with Crippen molar-refractivity contribution in [3.05, 3.63) is 79.1 Å². The van der Waals surface area contributed by atoms with Gasteiger partial charge in [-0.25, -0.2) is 8.42 Å². The van der Waals surface area contributed by atoms with Crippen LogP contribution in [0, 0.1) is 10.5 Å². The number of amides is 2. The van der Waals surface area contributed by atoms with E-state index in [4.69, 9.17) is 16.3 Å². The second kappa shape index (κ2) is 10.2. The van der Waals surface area contributed by atoms with Crippen LogP contribution in [0.3, 0.4) is 0 Å². The monoisotopic (exact) mass is 651 g/mol. The van der Waals surface area contributed by atoms with Crippen LogP contribution < -0.4 is 5.32 Å². The van der Waals surface area contributed by atoms with E-state index in [9.17, 15) is 18.0 Å². The van der Waals surface area contributed by atoms with Gasteiger partial charge in [-0.3, -0.25) is 9.59 Å². The van der Waals surface area contributed by atoms with Gasteiger partial charge in [0.15, 0.2) is 9.84 Å². The lowest BCUT2D eigenvalue weighted by Crippen LogP contribution is -2.40. The van der Waals surface area contributed by atoms with Gasteiger partial charge in [0, 0.05) is 38.6 Å². The van der Waals surface area contributed by atoms with Gasteiger partial charge in [0.2, 0.25) is 0 Å². The smallest absolute Gasteiger partial charge is 0.256 e. The van der Waals surface area contributed by atoms with E-state index in [0.29, 0.717) is 59.4 Å². The highest BCUT2D eigenvalue weighted by Gasteiger charge is 2.29. The molecular weight excluding hydrogens is 629 g/mol. The zero-order valence-electron chi connectivity index (χ0n) is 19.8. The number of carbonyl (C=O) groups excluding carboxylic acids is 2. The van der Waals surface area contributed by atoms with E-state index >= 15 is 0 Å². The van der Waals surface area contributed by atoms with Crippen molar-refractivity contribution in [1.29, 1.82) is 0 Å². The first-order valence-electron chi connectivity index (χ1n) is 11.5. The molecule has 37 heavy (non-hydrogen) atoms. The number of rotatable bonds is 5. The summed E-state index contributed by atoms with van der Waals surface area (Å²) in [4.78, 5) is 31.0. The number of halogens is 2. The van der Waals surface area contributed by atoms with Crippen molar-refractivity contribution in [2.24, 2.45) is 0 Å². The van der Waals surface area contributed by atoms with Crippen LogP contribution in [0.1, 0.15) is 32.9 Å². The number of anilines is 1. The average Bonchev–Trinajstić information content (AvgIpc) is 3.40. The van der Waals surface area contributed by atoms with Crippen LogP contribution >= 0.6 is 34.2 Å². The summed E-state index contributed by atoms with van der Waals surface area (Å²) < 4.78 is 32.7. The second-order valence-electron chi connectivity index (χ2n) is 8.86. The first kappa shape index (κ1) is 26.0. The number of nitrogens with zero attached hydrogens (tertiary/aromatic N) is 1. The molecule has 8 nitrogen and oxygen atoms in total. The number of carbonyl (C=O) groups is 2. The average molecular weight is 652 g/mol. The lowest BCUT2D eigenvalue weighted by Gasteiger charge is -2.26. The topological polar surface area (TPSA) is 109 Å². The zero-order chi connectivity index (χ0) is 26.3. The fraction of sp³-hybridized carbons (Fsp3) is 0.231. The number of H-pyrrole nitrogens is 1. The maximum atomic E-state index is 13.3. The highest BCUT2D eigenvalue weighted by molar-refractivity contribution is 14.1. The Kier molecular flexibility index (Phi) is 7.18. The Morgan fingerprint density at radius 3 is 2.68 bits per heavy atom. The minimum absolute atomic E-state index is 0.0802. The summed E-state index contributed by atoms with van der Waals surface area (Å²) in [5, 5.41) is 3.17. The van der Waals surface area contributed by atoms with E-state index in [1.165, 1.54) is 12.1 Å². The largest absolute Gasteiger partial charge is 0.378 e. The van der Waals surface area contributed by atoms with Crippen LogP contribution in [-0.2, 0) is 25.1 Å². The third-order valence-electron chi connectivity index (χ3n) is 6.33. The Hall–Kier alpha value is -2.67. The van der Waals surface area contributed by atoms with Crippen molar-refractivity contribution in [3.63, 3.8) is 0 Å². The van der Waals surface area contributed by atoms with Gasteiger partial charge in [-0.1, -0.05) is 17.7 Å². The van der Waals surface area contributed by atoms with E-state index in [1.54, 1.807) is 41.3 Å². The van der Waals surface area contributed by atoms with E-state index in [-0.39, 0.29) is 28.0 Å². The Morgan fingerprint density at radius 2 is 1.95 bits per heavy atom. The number of morpholine rings is 1. The molecule has 2 N–H and O–H groups in total. The van der Waals surface area contributed by atoms with Gasteiger partial charge in [-0.15, -0.1) is 0 Å². The normalized spacial score (nSPS) is 16.7. The number of benzene rings is 2. The molecule has 0 aliphatic carbocycles. The highest BCUT2D eigenvalue weighted by atomic mass is 127. The Morgan fingerprint density at radius 1 is 1.19 bits per heavy atom. The molecule has 11 heteroatoms. The predicted molar refractivity (Wildman–Crippen MR) is 150 cm³/mol. The number of fused-ring (bicyclic) bond motifs is 1. The van der Waals surface area contributed by atoms with Crippen LogP contribution in [-0.4, -0.2) is 56.4 Å². The van der Waals surface area contributed by atoms with Gasteiger partial charge in [0.05, 0.1) is 40.7 Å². The van der Waals surface area contributed by atoms with Crippen molar-refractivity contribution >= 4 is 73.2 Å². The lowest BCUT2D eigenvalue weighted by molar-refractivity contribution is -0.110. The van der Waals surface area contributed by atoms with Crippen molar-refractivity contribution < 1.29 is 22.7 Å². The number of hydrogen-bond donors (Lipinski definition) is 2. The Bertz CT molecular complexity index is 1540. The number of hydrogen-bond acceptors (Lipinski definition) is 5. The van der Waals surface area contributed by atoms with Gasteiger partial charge in [-0.2, -0.15) is 0 Å². The minimum Gasteiger partial charge on any atom is -0.378 e. The van der Waals surface area contributed by atoms with E-state index in [0.717, 1.165) is 9.26 Å². The zero-order valence-corrected chi connectivity index (χ0v) is 23.5. The third-order valence-corrected chi connectivity index (χ3v) is 9.34. The number of aromatic amines is 1. The SMILES string of the molecule is Cc1cc(C(=O)N2CCOCC2)c(C=C2C(=O)Nc3ccc(S(=O)(=O)Cc4c(Cl)cccc4I)cc32)[nH]1. The number of nitrogens with one attached hydrogen (secondary N) is 2. The summed E-state index contributed by atoms with van der Waals surface area (Å²) in [6.07, 6.45) is 1.61. The first-order valence-corrected chi connectivity index (χ1v) is 14.6. The van der Waals surface area contributed by atoms with Crippen molar-refractivity contribution in [2.75, 3.05) is 31.6 Å². The van der Waals surface area contributed by atoms with Crippen LogP contribution in [0.5, 0.6) is 0 Å². The van der Waals surface area contributed by atoms with E-state index < -0.39 is 9.84 Å². The maximum Gasteiger partial charge on any atom is 0.256 e. The number of ether oxygens (including phenoxy) is 1. The molecule has 3 aromatic rings. The third kappa shape index (κ3) is 5.20. The molecule has 3 heterocycles. The fourth-order valence-corrected chi connectivity index (χ4v) is 7.29.